The number of rotatable bonds is 4. The Morgan fingerprint density at radius 1 is 1.57 bits per heavy atom. The van der Waals surface area contributed by atoms with Crippen molar-refractivity contribution in [1.82, 2.24) is 4.90 Å². The maximum atomic E-state index is 10.5. The molecule has 2 bridgehead atoms. The summed E-state index contributed by atoms with van der Waals surface area (Å²) in [6, 6.07) is 0.0371. The molecular formula is C10H18N2O2. The summed E-state index contributed by atoms with van der Waals surface area (Å²) in [6.45, 7) is 2.02. The number of carboxylic acids is 1. The van der Waals surface area contributed by atoms with Crippen LogP contribution in [0.3, 0.4) is 0 Å². The highest BCUT2D eigenvalue weighted by Crippen LogP contribution is 2.37. The maximum absolute atomic E-state index is 10.5. The smallest absolute Gasteiger partial charge is 0.320 e. The Hall–Kier alpha value is -0.610. The molecule has 3 unspecified atom stereocenters. The number of aliphatic carboxylic acids is 1. The first kappa shape index (κ1) is 9.93. The first-order valence-electron chi connectivity index (χ1n) is 5.39. The predicted octanol–water partition coefficient (Wildman–Crippen LogP) is 0.273. The maximum Gasteiger partial charge on any atom is 0.320 e. The summed E-state index contributed by atoms with van der Waals surface area (Å²) in [5.41, 5.74) is 5.47. The third kappa shape index (κ3) is 1.91. The zero-order valence-corrected chi connectivity index (χ0v) is 8.35. The van der Waals surface area contributed by atoms with Gasteiger partial charge in [-0.25, -0.2) is 0 Å². The van der Waals surface area contributed by atoms with Gasteiger partial charge in [0.1, 0.15) is 6.04 Å². The van der Waals surface area contributed by atoms with Crippen molar-refractivity contribution in [2.24, 2.45) is 11.7 Å². The van der Waals surface area contributed by atoms with Crippen LogP contribution in [0.1, 0.15) is 25.7 Å². The van der Waals surface area contributed by atoms with Gasteiger partial charge in [0.15, 0.2) is 0 Å². The summed E-state index contributed by atoms with van der Waals surface area (Å²) in [5.74, 6) is -0.00425. The minimum absolute atomic E-state index is 0.582. The van der Waals surface area contributed by atoms with E-state index in [0.29, 0.717) is 6.42 Å². The fourth-order valence-electron chi connectivity index (χ4n) is 2.73. The lowest BCUT2D eigenvalue weighted by molar-refractivity contribution is -0.138. The fourth-order valence-corrected chi connectivity index (χ4v) is 2.73. The molecule has 0 aromatic heterocycles. The molecule has 1 aliphatic carbocycles. The van der Waals surface area contributed by atoms with Gasteiger partial charge in [-0.15, -0.1) is 0 Å². The van der Waals surface area contributed by atoms with Gasteiger partial charge in [0, 0.05) is 19.1 Å². The van der Waals surface area contributed by atoms with Crippen molar-refractivity contribution in [2.45, 2.75) is 37.8 Å². The molecule has 0 radical (unpaired) electrons. The number of carboxylic acid groups (broad SMARTS) is 1. The van der Waals surface area contributed by atoms with Gasteiger partial charge in [0.25, 0.3) is 0 Å². The molecule has 0 aromatic rings. The van der Waals surface area contributed by atoms with Gasteiger partial charge in [-0.2, -0.15) is 0 Å². The quantitative estimate of drug-likeness (QED) is 0.680. The normalized spacial score (nSPS) is 33.5. The van der Waals surface area contributed by atoms with Gasteiger partial charge in [-0.05, 0) is 31.6 Å². The van der Waals surface area contributed by atoms with Crippen LogP contribution in [0.25, 0.3) is 0 Å². The second-order valence-corrected chi connectivity index (χ2v) is 4.56. The first-order valence-corrected chi connectivity index (χ1v) is 5.39. The molecular weight excluding hydrogens is 180 g/mol. The number of nitrogens with zero attached hydrogens (tertiary/aromatic N) is 1. The Bertz CT molecular complexity index is 232. The predicted molar refractivity (Wildman–Crippen MR) is 52.9 cm³/mol. The second-order valence-electron chi connectivity index (χ2n) is 4.56. The highest BCUT2D eigenvalue weighted by atomic mass is 16.4. The average Bonchev–Trinajstić information content (AvgIpc) is 2.74. The molecule has 80 valence electrons. The monoisotopic (exact) mass is 198 g/mol. The minimum Gasteiger partial charge on any atom is -0.480 e. The van der Waals surface area contributed by atoms with Crippen LogP contribution in [0.15, 0.2) is 0 Å². The van der Waals surface area contributed by atoms with Crippen molar-refractivity contribution in [2.75, 3.05) is 13.1 Å². The Morgan fingerprint density at radius 2 is 2.36 bits per heavy atom. The SMILES string of the molecule is NC(CCN1CC2CCC1C2)C(=O)O. The number of hydrogen-bond acceptors (Lipinski definition) is 3. The lowest BCUT2D eigenvalue weighted by atomic mass is 10.1. The highest BCUT2D eigenvalue weighted by molar-refractivity contribution is 5.72. The summed E-state index contributed by atoms with van der Waals surface area (Å²) in [4.78, 5) is 12.9. The number of piperidine rings is 1. The van der Waals surface area contributed by atoms with E-state index in [0.717, 1.165) is 25.0 Å². The van der Waals surface area contributed by atoms with Crippen molar-refractivity contribution in [3.8, 4) is 0 Å². The lowest BCUT2D eigenvalue weighted by Crippen LogP contribution is -2.38. The van der Waals surface area contributed by atoms with Crippen LogP contribution in [0.4, 0.5) is 0 Å². The van der Waals surface area contributed by atoms with Crippen LogP contribution in [0.2, 0.25) is 0 Å². The van der Waals surface area contributed by atoms with Gasteiger partial charge >= 0.3 is 5.97 Å². The topological polar surface area (TPSA) is 66.6 Å². The summed E-state index contributed by atoms with van der Waals surface area (Å²) in [6.07, 6.45) is 4.57. The van der Waals surface area contributed by atoms with E-state index < -0.39 is 12.0 Å². The van der Waals surface area contributed by atoms with E-state index in [1.165, 1.54) is 19.3 Å². The Labute approximate surface area is 84.1 Å². The molecule has 3 atom stereocenters. The molecule has 4 nitrogen and oxygen atoms in total. The van der Waals surface area contributed by atoms with Crippen molar-refractivity contribution in [3.05, 3.63) is 0 Å². The average molecular weight is 198 g/mol. The van der Waals surface area contributed by atoms with Crippen molar-refractivity contribution in [3.63, 3.8) is 0 Å². The molecule has 2 rings (SSSR count). The zero-order valence-electron chi connectivity index (χ0n) is 8.35. The Morgan fingerprint density at radius 3 is 2.86 bits per heavy atom. The second kappa shape index (κ2) is 3.87. The minimum atomic E-state index is -0.880. The molecule has 1 saturated heterocycles. The summed E-state index contributed by atoms with van der Waals surface area (Å²) in [5, 5.41) is 8.64. The number of hydrogen-bond donors (Lipinski definition) is 2. The zero-order chi connectivity index (χ0) is 10.1. The van der Waals surface area contributed by atoms with E-state index in [2.05, 4.69) is 4.90 Å². The van der Waals surface area contributed by atoms with Gasteiger partial charge in [-0.1, -0.05) is 0 Å². The molecule has 1 saturated carbocycles. The van der Waals surface area contributed by atoms with Crippen LogP contribution >= 0.6 is 0 Å². The van der Waals surface area contributed by atoms with Crippen LogP contribution in [0, 0.1) is 5.92 Å². The van der Waals surface area contributed by atoms with Gasteiger partial charge < -0.3 is 15.7 Å². The van der Waals surface area contributed by atoms with Crippen molar-refractivity contribution in [1.29, 1.82) is 0 Å². The van der Waals surface area contributed by atoms with E-state index >= 15 is 0 Å². The number of fused-ring (bicyclic) bond motifs is 2. The molecule has 1 aliphatic heterocycles. The fraction of sp³-hybridized carbons (Fsp3) is 0.900. The van der Waals surface area contributed by atoms with E-state index in [-0.39, 0.29) is 0 Å². The standard InChI is InChI=1S/C10H18N2O2/c11-9(10(13)14)3-4-12-6-7-1-2-8(12)5-7/h7-9H,1-6,11H2,(H,13,14). The summed E-state index contributed by atoms with van der Waals surface area (Å²) >= 11 is 0. The molecule has 3 N–H and O–H groups in total. The number of carbonyl (C=O) groups is 1. The largest absolute Gasteiger partial charge is 0.480 e. The van der Waals surface area contributed by atoms with E-state index in [1.54, 1.807) is 0 Å². The van der Waals surface area contributed by atoms with Crippen LogP contribution in [-0.4, -0.2) is 41.1 Å². The molecule has 4 heteroatoms. The third-order valence-electron chi connectivity index (χ3n) is 3.57. The molecule has 1 heterocycles. The molecule has 0 amide bonds. The number of nitrogens with two attached hydrogens (primary N) is 1. The molecule has 2 fully saturated rings. The highest BCUT2D eigenvalue weighted by Gasteiger charge is 2.37. The molecule has 0 aromatic carbocycles. The van der Waals surface area contributed by atoms with Crippen LogP contribution < -0.4 is 5.73 Å². The van der Waals surface area contributed by atoms with E-state index in [9.17, 15) is 4.79 Å². The van der Waals surface area contributed by atoms with Crippen molar-refractivity contribution >= 4 is 5.97 Å². The summed E-state index contributed by atoms with van der Waals surface area (Å²) in [7, 11) is 0. The van der Waals surface area contributed by atoms with Crippen LogP contribution in [0.5, 0.6) is 0 Å². The van der Waals surface area contributed by atoms with Gasteiger partial charge in [0.2, 0.25) is 0 Å². The Balaban J connectivity index is 1.74. The molecule has 2 aliphatic rings. The van der Waals surface area contributed by atoms with Gasteiger partial charge in [-0.3, -0.25) is 4.79 Å². The van der Waals surface area contributed by atoms with E-state index in [4.69, 9.17) is 10.8 Å². The summed E-state index contributed by atoms with van der Waals surface area (Å²) < 4.78 is 0. The first-order chi connectivity index (χ1) is 6.66. The molecule has 14 heavy (non-hydrogen) atoms. The van der Waals surface area contributed by atoms with Crippen molar-refractivity contribution < 1.29 is 9.90 Å². The number of likely N-dealkylation sites (tertiary alicyclic amines) is 1. The van der Waals surface area contributed by atoms with E-state index in [1.807, 2.05) is 0 Å². The molecule has 0 spiro atoms. The van der Waals surface area contributed by atoms with Gasteiger partial charge in [0.05, 0.1) is 0 Å². The Kier molecular flexibility index (Phi) is 2.74. The third-order valence-corrected chi connectivity index (χ3v) is 3.57. The van der Waals surface area contributed by atoms with Crippen LogP contribution in [-0.2, 0) is 4.79 Å². The lowest BCUT2D eigenvalue weighted by Gasteiger charge is -2.27.